The first kappa shape index (κ1) is 29.9. The molecule has 2 aliphatic rings. The van der Waals surface area contributed by atoms with E-state index < -0.39 is 29.6 Å². The van der Waals surface area contributed by atoms with Gasteiger partial charge in [-0.15, -0.1) is 0 Å². The Bertz CT molecular complexity index is 1820. The number of rotatable bonds is 10. The largest absolute Gasteiger partial charge is 0.480 e. The molecule has 1 aliphatic carbocycles. The normalized spacial score (nSPS) is 15.7. The molecule has 0 fully saturated rings. The van der Waals surface area contributed by atoms with E-state index in [1.807, 2.05) is 91.0 Å². The number of ether oxygens (including phenoxy) is 1. The van der Waals surface area contributed by atoms with Crippen LogP contribution in [0.3, 0.4) is 0 Å². The van der Waals surface area contributed by atoms with Crippen molar-refractivity contribution in [2.24, 2.45) is 9.98 Å². The number of aliphatic imine (C=N–C) groups is 2. The van der Waals surface area contributed by atoms with Crippen LogP contribution in [0.4, 0.5) is 4.79 Å². The van der Waals surface area contributed by atoms with Crippen molar-refractivity contribution < 1.29 is 19.4 Å². The Labute approximate surface area is 273 Å². The minimum absolute atomic E-state index is 0.0149. The summed E-state index contributed by atoms with van der Waals surface area (Å²) in [6.07, 6.45) is 0.903. The fourth-order valence-electron chi connectivity index (χ4n) is 6.88. The summed E-state index contributed by atoms with van der Waals surface area (Å²) in [4.78, 5) is 35.3. The summed E-state index contributed by atoms with van der Waals surface area (Å²) >= 11 is 0. The van der Waals surface area contributed by atoms with Crippen LogP contribution in [-0.4, -0.2) is 47.9 Å². The van der Waals surface area contributed by atoms with Crippen LogP contribution in [0.25, 0.3) is 11.1 Å². The van der Waals surface area contributed by atoms with Gasteiger partial charge in [0, 0.05) is 18.6 Å². The summed E-state index contributed by atoms with van der Waals surface area (Å²) in [6, 6.07) is 44.5. The molecular weight excluding hydrogens is 586 g/mol. The highest BCUT2D eigenvalue weighted by Crippen LogP contribution is 2.45. The van der Waals surface area contributed by atoms with Crippen LogP contribution in [0.15, 0.2) is 150 Å². The van der Waals surface area contributed by atoms with Crippen molar-refractivity contribution >= 4 is 24.1 Å². The Kier molecular flexibility index (Phi) is 8.19. The maximum Gasteiger partial charge on any atom is 0.407 e. The zero-order chi connectivity index (χ0) is 32.2. The molecule has 0 saturated carbocycles. The van der Waals surface area contributed by atoms with Crippen LogP contribution < -0.4 is 5.32 Å². The maximum absolute atomic E-state index is 13.0. The number of carboxylic acids is 1. The molecule has 1 amide bonds. The van der Waals surface area contributed by atoms with Gasteiger partial charge in [-0.2, -0.15) is 0 Å². The standard InChI is InChI=1S/C40H33N3O4/c44-37(45)36(43-39(46)47-26-35-33-22-12-10-20-31(33)32-21-11-13-23-34(32)35)24-30-25-41-38(42-30)40(27-14-4-1-5-15-27,28-16-6-2-7-17-28)29-18-8-3-9-19-29/h1-23,25,30,35-36H,24,26H2,(H,43,46)(H,44,45)/t30?,36-/m1/s1. The number of alkyl carbamates (subject to hydrolysis) is 1. The summed E-state index contributed by atoms with van der Waals surface area (Å²) in [7, 11) is 0. The molecule has 0 spiro atoms. The number of nitrogens with one attached hydrogen (secondary N) is 1. The van der Waals surface area contributed by atoms with Gasteiger partial charge in [-0.25, -0.2) is 14.6 Å². The SMILES string of the molecule is O=C(N[C@H](CC1C=NC(C(c2ccccc2)(c2ccccc2)c2ccccc2)=N1)C(=O)O)OCC1c2ccccc2-c2ccccc21. The molecule has 232 valence electrons. The molecular formula is C40H33N3O4. The quantitative estimate of drug-likeness (QED) is 0.161. The van der Waals surface area contributed by atoms with E-state index in [0.717, 1.165) is 38.9 Å². The highest BCUT2D eigenvalue weighted by molar-refractivity contribution is 6.07. The van der Waals surface area contributed by atoms with Gasteiger partial charge in [0.25, 0.3) is 0 Å². The second-order valence-electron chi connectivity index (χ2n) is 11.7. The van der Waals surface area contributed by atoms with Gasteiger partial charge >= 0.3 is 12.1 Å². The molecule has 1 heterocycles. The molecule has 5 aromatic rings. The number of carbonyl (C=O) groups excluding carboxylic acids is 1. The number of amides is 1. The predicted octanol–water partition coefficient (Wildman–Crippen LogP) is 7.25. The number of nitrogens with zero attached hydrogens (tertiary/aromatic N) is 2. The van der Waals surface area contributed by atoms with Gasteiger partial charge in [0.2, 0.25) is 0 Å². The fraction of sp³-hybridized carbons (Fsp3) is 0.150. The summed E-state index contributed by atoms with van der Waals surface area (Å²) in [5.41, 5.74) is 6.52. The van der Waals surface area contributed by atoms with E-state index in [0.29, 0.717) is 5.84 Å². The van der Waals surface area contributed by atoms with E-state index in [2.05, 4.69) is 53.8 Å². The van der Waals surface area contributed by atoms with Crippen molar-refractivity contribution in [2.45, 2.75) is 29.8 Å². The zero-order valence-corrected chi connectivity index (χ0v) is 25.6. The molecule has 1 aliphatic heterocycles. The lowest BCUT2D eigenvalue weighted by molar-refractivity contribution is -0.139. The van der Waals surface area contributed by atoms with Gasteiger partial charge in [-0.05, 0) is 38.9 Å². The molecule has 0 aromatic heterocycles. The number of hydrogen-bond acceptors (Lipinski definition) is 5. The Morgan fingerprint density at radius 2 is 1.17 bits per heavy atom. The topological polar surface area (TPSA) is 100 Å². The molecule has 5 aromatic carbocycles. The second kappa shape index (κ2) is 12.9. The zero-order valence-electron chi connectivity index (χ0n) is 25.6. The lowest BCUT2D eigenvalue weighted by Gasteiger charge is -2.34. The maximum atomic E-state index is 13.0. The number of benzene rings is 5. The molecule has 2 N–H and O–H groups in total. The van der Waals surface area contributed by atoms with E-state index in [1.165, 1.54) is 0 Å². The fourth-order valence-corrected chi connectivity index (χ4v) is 6.88. The number of carbonyl (C=O) groups is 2. The molecule has 7 heteroatoms. The van der Waals surface area contributed by atoms with Crippen LogP contribution >= 0.6 is 0 Å². The van der Waals surface area contributed by atoms with Gasteiger partial charge in [0.15, 0.2) is 0 Å². The van der Waals surface area contributed by atoms with E-state index in [9.17, 15) is 14.7 Å². The average Bonchev–Trinajstić information content (AvgIpc) is 3.71. The average molecular weight is 620 g/mol. The van der Waals surface area contributed by atoms with Crippen LogP contribution in [0.5, 0.6) is 0 Å². The Morgan fingerprint density at radius 3 is 1.66 bits per heavy atom. The highest BCUT2D eigenvalue weighted by atomic mass is 16.5. The van der Waals surface area contributed by atoms with Crippen molar-refractivity contribution in [3.63, 3.8) is 0 Å². The third kappa shape index (κ3) is 5.61. The minimum Gasteiger partial charge on any atom is -0.480 e. The van der Waals surface area contributed by atoms with Crippen LogP contribution in [0.2, 0.25) is 0 Å². The highest BCUT2D eigenvalue weighted by Gasteiger charge is 2.43. The molecule has 47 heavy (non-hydrogen) atoms. The predicted molar refractivity (Wildman–Crippen MR) is 183 cm³/mol. The summed E-state index contributed by atoms with van der Waals surface area (Å²) in [5.74, 6) is -0.750. The molecule has 0 radical (unpaired) electrons. The number of fused-ring (bicyclic) bond motifs is 3. The molecule has 2 atom stereocenters. The van der Waals surface area contributed by atoms with E-state index in [1.54, 1.807) is 6.21 Å². The monoisotopic (exact) mass is 619 g/mol. The molecule has 0 saturated heterocycles. The summed E-state index contributed by atoms with van der Waals surface area (Å²) in [5, 5.41) is 12.7. The third-order valence-corrected chi connectivity index (χ3v) is 9.02. The van der Waals surface area contributed by atoms with Crippen molar-refractivity contribution in [3.8, 4) is 11.1 Å². The third-order valence-electron chi connectivity index (χ3n) is 9.02. The second-order valence-corrected chi connectivity index (χ2v) is 11.7. The van der Waals surface area contributed by atoms with Gasteiger partial charge in [-0.3, -0.25) is 4.99 Å². The van der Waals surface area contributed by atoms with Gasteiger partial charge in [-0.1, -0.05) is 140 Å². The Hall–Kier alpha value is -5.82. The van der Waals surface area contributed by atoms with Gasteiger partial charge in [0.05, 0.1) is 6.04 Å². The molecule has 7 rings (SSSR count). The van der Waals surface area contributed by atoms with Crippen LogP contribution in [0, 0.1) is 0 Å². The first-order valence-electron chi connectivity index (χ1n) is 15.7. The van der Waals surface area contributed by atoms with Crippen molar-refractivity contribution in [1.29, 1.82) is 0 Å². The smallest absolute Gasteiger partial charge is 0.407 e. The molecule has 0 bridgehead atoms. The Morgan fingerprint density at radius 1 is 0.702 bits per heavy atom. The van der Waals surface area contributed by atoms with Crippen LogP contribution in [-0.2, 0) is 14.9 Å². The Balaban J connectivity index is 1.12. The number of hydrogen-bond donors (Lipinski definition) is 2. The van der Waals surface area contributed by atoms with E-state index in [-0.39, 0.29) is 18.9 Å². The number of aliphatic carboxylic acids is 1. The lowest BCUT2D eigenvalue weighted by atomic mass is 9.68. The summed E-state index contributed by atoms with van der Waals surface area (Å²) < 4.78 is 5.65. The van der Waals surface area contributed by atoms with Crippen molar-refractivity contribution in [1.82, 2.24) is 5.32 Å². The number of amidine groups is 1. The van der Waals surface area contributed by atoms with Crippen molar-refractivity contribution in [3.05, 3.63) is 167 Å². The van der Waals surface area contributed by atoms with E-state index >= 15 is 0 Å². The molecule has 1 unspecified atom stereocenters. The van der Waals surface area contributed by atoms with Crippen LogP contribution in [0.1, 0.15) is 40.2 Å². The summed E-state index contributed by atoms with van der Waals surface area (Å²) in [6.45, 7) is 0.0904. The minimum atomic E-state index is -1.23. The first-order valence-corrected chi connectivity index (χ1v) is 15.7. The lowest BCUT2D eigenvalue weighted by Crippen LogP contribution is -2.43. The van der Waals surface area contributed by atoms with E-state index in [4.69, 9.17) is 14.7 Å². The number of carboxylic acid groups (broad SMARTS) is 1. The van der Waals surface area contributed by atoms with Crippen molar-refractivity contribution in [2.75, 3.05) is 6.61 Å². The first-order chi connectivity index (χ1) is 23.1. The van der Waals surface area contributed by atoms with Gasteiger partial charge in [0.1, 0.15) is 23.9 Å². The van der Waals surface area contributed by atoms with Gasteiger partial charge < -0.3 is 15.2 Å². The molecule has 7 nitrogen and oxygen atoms in total.